The number of ketones is 1. The van der Waals surface area contributed by atoms with Crippen molar-refractivity contribution in [2.24, 2.45) is 0 Å². The van der Waals surface area contributed by atoms with E-state index in [-0.39, 0.29) is 11.3 Å². The summed E-state index contributed by atoms with van der Waals surface area (Å²) in [5.41, 5.74) is 4.59. The largest absolute Gasteiger partial charge is 0.507 e. The van der Waals surface area contributed by atoms with E-state index in [9.17, 15) is 14.7 Å². The van der Waals surface area contributed by atoms with E-state index < -0.39 is 17.7 Å². The molecule has 1 fully saturated rings. The third kappa shape index (κ3) is 6.37. The number of aliphatic hydroxyl groups excluding tert-OH is 1. The van der Waals surface area contributed by atoms with Crippen molar-refractivity contribution in [1.29, 1.82) is 0 Å². The zero-order valence-electron chi connectivity index (χ0n) is 24.1. The van der Waals surface area contributed by atoms with Crippen LogP contribution in [0.1, 0.15) is 42.1 Å². The molecule has 1 saturated heterocycles. The third-order valence-corrected chi connectivity index (χ3v) is 7.43. The minimum absolute atomic E-state index is 0.107. The molecule has 3 aromatic carbocycles. The summed E-state index contributed by atoms with van der Waals surface area (Å²) < 4.78 is 5.92. The highest BCUT2D eigenvalue weighted by molar-refractivity contribution is 6.46. The molecule has 0 saturated carbocycles. The van der Waals surface area contributed by atoms with E-state index in [2.05, 4.69) is 24.8 Å². The number of anilines is 1. The summed E-state index contributed by atoms with van der Waals surface area (Å²) >= 11 is 0. The van der Waals surface area contributed by atoms with Crippen LogP contribution in [0.4, 0.5) is 5.69 Å². The number of aliphatic hydroxyl groups is 1. The van der Waals surface area contributed by atoms with E-state index in [1.54, 1.807) is 29.2 Å². The van der Waals surface area contributed by atoms with Crippen molar-refractivity contribution in [3.05, 3.63) is 101 Å². The lowest BCUT2D eigenvalue weighted by molar-refractivity contribution is -0.140. The molecule has 1 atom stereocenters. The van der Waals surface area contributed by atoms with E-state index >= 15 is 0 Å². The lowest BCUT2D eigenvalue weighted by Gasteiger charge is -2.28. The smallest absolute Gasteiger partial charge is 0.295 e. The van der Waals surface area contributed by atoms with Gasteiger partial charge in [-0.05, 0) is 67.5 Å². The standard InChI is InChI=1S/C33H39N3O4/c1-6-35(7-2)19-20-36-30(25-11-15-27(16-12-25)34(4)5)29(32(38)33(36)39)31(37)26-13-17-28(18-14-26)40-22-24-10-8-9-23(3)21-24/h8-18,21,30,37H,6-7,19-20,22H2,1-5H3. The maximum absolute atomic E-state index is 13.4. The molecule has 1 amide bonds. The first kappa shape index (κ1) is 28.9. The van der Waals surface area contributed by atoms with E-state index in [1.807, 2.05) is 68.4 Å². The number of hydrogen-bond acceptors (Lipinski definition) is 6. The Labute approximate surface area is 237 Å². The Kier molecular flexibility index (Phi) is 9.27. The summed E-state index contributed by atoms with van der Waals surface area (Å²) in [4.78, 5) is 32.4. The first-order valence-corrected chi connectivity index (χ1v) is 13.8. The van der Waals surface area contributed by atoms with Gasteiger partial charge < -0.3 is 24.5 Å². The summed E-state index contributed by atoms with van der Waals surface area (Å²) in [6, 6.07) is 22.2. The number of carbonyl (C=O) groups excluding carboxylic acids is 2. The SMILES string of the molecule is CCN(CC)CCN1C(=O)C(=O)C(=C(O)c2ccc(OCc3cccc(C)c3)cc2)C1c1ccc(N(C)C)cc1. The third-order valence-electron chi connectivity index (χ3n) is 7.43. The van der Waals surface area contributed by atoms with Gasteiger partial charge in [-0.1, -0.05) is 55.8 Å². The summed E-state index contributed by atoms with van der Waals surface area (Å²) in [7, 11) is 3.92. The Morgan fingerprint density at radius 3 is 2.23 bits per heavy atom. The van der Waals surface area contributed by atoms with E-state index in [1.165, 1.54) is 5.56 Å². The van der Waals surface area contributed by atoms with Crippen molar-refractivity contribution in [3.8, 4) is 5.75 Å². The number of nitrogens with zero attached hydrogens (tertiary/aromatic N) is 3. The van der Waals surface area contributed by atoms with Gasteiger partial charge in [0.05, 0.1) is 11.6 Å². The number of Topliss-reactive ketones (excluding diaryl/α,β-unsaturated/α-hetero) is 1. The van der Waals surface area contributed by atoms with Crippen molar-refractivity contribution < 1.29 is 19.4 Å². The molecule has 40 heavy (non-hydrogen) atoms. The van der Waals surface area contributed by atoms with Gasteiger partial charge in [-0.25, -0.2) is 0 Å². The molecule has 4 rings (SSSR count). The number of hydrogen-bond donors (Lipinski definition) is 1. The van der Waals surface area contributed by atoms with Crippen molar-refractivity contribution in [2.75, 3.05) is 45.2 Å². The second kappa shape index (κ2) is 12.8. The van der Waals surface area contributed by atoms with Crippen LogP contribution in [0.3, 0.4) is 0 Å². The van der Waals surface area contributed by atoms with Gasteiger partial charge in [0.15, 0.2) is 0 Å². The predicted octanol–water partition coefficient (Wildman–Crippen LogP) is 5.40. The summed E-state index contributed by atoms with van der Waals surface area (Å²) in [5.74, 6) is -0.795. The summed E-state index contributed by atoms with van der Waals surface area (Å²) in [6.45, 7) is 9.33. The van der Waals surface area contributed by atoms with Crippen LogP contribution in [0, 0.1) is 6.92 Å². The van der Waals surface area contributed by atoms with Gasteiger partial charge in [-0.2, -0.15) is 0 Å². The zero-order valence-corrected chi connectivity index (χ0v) is 24.1. The first-order chi connectivity index (χ1) is 19.2. The van der Waals surface area contributed by atoms with E-state index in [0.29, 0.717) is 31.0 Å². The molecule has 0 bridgehead atoms. The highest BCUT2D eigenvalue weighted by Crippen LogP contribution is 2.40. The fourth-order valence-electron chi connectivity index (χ4n) is 5.03. The van der Waals surface area contributed by atoms with E-state index in [0.717, 1.165) is 29.9 Å². The monoisotopic (exact) mass is 541 g/mol. The van der Waals surface area contributed by atoms with E-state index in [4.69, 9.17) is 4.74 Å². The molecular weight excluding hydrogens is 502 g/mol. The second-order valence-electron chi connectivity index (χ2n) is 10.3. The minimum atomic E-state index is -0.677. The van der Waals surface area contributed by atoms with Crippen LogP contribution < -0.4 is 9.64 Å². The number of likely N-dealkylation sites (tertiary alicyclic amines) is 1. The molecule has 0 aliphatic carbocycles. The molecular formula is C33H39N3O4. The molecule has 7 heteroatoms. The van der Waals surface area contributed by atoms with Crippen LogP contribution in [0.5, 0.6) is 5.75 Å². The van der Waals surface area contributed by atoms with Gasteiger partial charge in [0.25, 0.3) is 11.7 Å². The van der Waals surface area contributed by atoms with Crippen molar-refractivity contribution in [2.45, 2.75) is 33.4 Å². The Morgan fingerprint density at radius 1 is 0.950 bits per heavy atom. The number of ether oxygens (including phenoxy) is 1. The number of benzene rings is 3. The normalized spacial score (nSPS) is 16.6. The second-order valence-corrected chi connectivity index (χ2v) is 10.3. The minimum Gasteiger partial charge on any atom is -0.507 e. The van der Waals surface area contributed by atoms with Gasteiger partial charge in [-0.3, -0.25) is 9.59 Å². The highest BCUT2D eigenvalue weighted by Gasteiger charge is 2.46. The first-order valence-electron chi connectivity index (χ1n) is 13.8. The highest BCUT2D eigenvalue weighted by atomic mass is 16.5. The van der Waals surface area contributed by atoms with Crippen LogP contribution in [0.15, 0.2) is 78.4 Å². The zero-order chi connectivity index (χ0) is 28.8. The number of likely N-dealkylation sites (N-methyl/N-ethyl adjacent to an activating group) is 1. The molecule has 0 radical (unpaired) electrons. The summed E-state index contributed by atoms with van der Waals surface area (Å²) in [6.07, 6.45) is 0. The van der Waals surface area contributed by atoms with Crippen LogP contribution in [-0.2, 0) is 16.2 Å². The van der Waals surface area contributed by atoms with Gasteiger partial charge in [0, 0.05) is 38.4 Å². The van der Waals surface area contributed by atoms with Crippen molar-refractivity contribution in [3.63, 3.8) is 0 Å². The van der Waals surface area contributed by atoms with Gasteiger partial charge in [0.1, 0.15) is 18.1 Å². The van der Waals surface area contributed by atoms with Gasteiger partial charge >= 0.3 is 0 Å². The average Bonchev–Trinajstić information content (AvgIpc) is 3.21. The average molecular weight is 542 g/mol. The number of aryl methyl sites for hydroxylation is 1. The van der Waals surface area contributed by atoms with Gasteiger partial charge in [0.2, 0.25) is 0 Å². The number of carbonyl (C=O) groups is 2. The lowest BCUT2D eigenvalue weighted by atomic mass is 9.95. The van der Waals surface area contributed by atoms with Crippen LogP contribution >= 0.6 is 0 Å². The quantitative estimate of drug-likeness (QED) is 0.199. The molecule has 0 aromatic heterocycles. The number of amides is 1. The fraction of sp³-hybridized carbons (Fsp3) is 0.333. The molecule has 1 heterocycles. The molecule has 0 spiro atoms. The summed E-state index contributed by atoms with van der Waals surface area (Å²) in [5, 5.41) is 11.4. The van der Waals surface area contributed by atoms with Crippen molar-refractivity contribution in [1.82, 2.24) is 9.80 Å². The number of rotatable bonds is 11. The molecule has 1 aliphatic rings. The molecule has 3 aromatic rings. The maximum Gasteiger partial charge on any atom is 0.295 e. The Balaban J connectivity index is 1.65. The van der Waals surface area contributed by atoms with Crippen LogP contribution in [0.25, 0.3) is 5.76 Å². The Hall–Kier alpha value is -4.10. The molecule has 210 valence electrons. The maximum atomic E-state index is 13.4. The molecule has 7 nitrogen and oxygen atoms in total. The van der Waals surface area contributed by atoms with Gasteiger partial charge in [-0.15, -0.1) is 0 Å². The fourth-order valence-corrected chi connectivity index (χ4v) is 5.03. The lowest BCUT2D eigenvalue weighted by Crippen LogP contribution is -2.38. The predicted molar refractivity (Wildman–Crippen MR) is 160 cm³/mol. The van der Waals surface area contributed by atoms with Crippen LogP contribution in [0.2, 0.25) is 0 Å². The van der Waals surface area contributed by atoms with Crippen molar-refractivity contribution >= 4 is 23.1 Å². The molecule has 1 aliphatic heterocycles. The topological polar surface area (TPSA) is 73.3 Å². The molecule has 1 unspecified atom stereocenters. The van der Waals surface area contributed by atoms with Crippen LogP contribution in [-0.4, -0.2) is 66.9 Å². The Bertz CT molecular complexity index is 1360. The molecule has 1 N–H and O–H groups in total. The Morgan fingerprint density at radius 2 is 1.62 bits per heavy atom.